The predicted octanol–water partition coefficient (Wildman–Crippen LogP) is 3.59. The van der Waals surface area contributed by atoms with E-state index in [1.165, 1.54) is 13.2 Å². The number of carbonyl (C=O) groups is 1. The molecule has 0 aliphatic carbocycles. The van der Waals surface area contributed by atoms with Crippen molar-refractivity contribution in [3.63, 3.8) is 0 Å². The van der Waals surface area contributed by atoms with Gasteiger partial charge in [-0.2, -0.15) is 0 Å². The maximum Gasteiger partial charge on any atom is 0.348 e. The second-order valence-corrected chi connectivity index (χ2v) is 4.78. The molecule has 0 bridgehead atoms. The molecule has 1 heterocycles. The summed E-state index contributed by atoms with van der Waals surface area (Å²) in [5, 5.41) is 0.695. The Kier molecular flexibility index (Phi) is 2.75. The van der Waals surface area contributed by atoms with E-state index < -0.39 is 5.97 Å². The molecule has 0 N–H and O–H groups in total. The van der Waals surface area contributed by atoms with Crippen LogP contribution in [0.2, 0.25) is 0 Å². The highest BCUT2D eigenvalue weighted by molar-refractivity contribution is 9.10. The Morgan fingerprint density at radius 3 is 2.87 bits per heavy atom. The fourth-order valence-corrected chi connectivity index (χ4v) is 2.84. The number of thiophene rings is 1. The molecule has 5 heteroatoms. The molecular formula is C10H6BrFO2S. The van der Waals surface area contributed by atoms with Crippen molar-refractivity contribution in [2.45, 2.75) is 0 Å². The number of methoxy groups -OCH3 is 1. The van der Waals surface area contributed by atoms with Crippen LogP contribution < -0.4 is 0 Å². The number of halogens is 2. The van der Waals surface area contributed by atoms with Gasteiger partial charge in [-0.05, 0) is 18.2 Å². The van der Waals surface area contributed by atoms with Gasteiger partial charge in [-0.3, -0.25) is 0 Å². The van der Waals surface area contributed by atoms with Crippen LogP contribution in [-0.4, -0.2) is 13.1 Å². The second kappa shape index (κ2) is 3.90. The van der Waals surface area contributed by atoms with Gasteiger partial charge in [0.15, 0.2) is 0 Å². The van der Waals surface area contributed by atoms with Gasteiger partial charge < -0.3 is 4.74 Å². The lowest BCUT2D eigenvalue weighted by atomic mass is 10.2. The molecule has 0 atom stereocenters. The summed E-state index contributed by atoms with van der Waals surface area (Å²) in [5.41, 5.74) is 0. The van der Waals surface area contributed by atoms with Gasteiger partial charge in [0.2, 0.25) is 0 Å². The van der Waals surface area contributed by atoms with Crippen LogP contribution in [0.3, 0.4) is 0 Å². The molecule has 0 radical (unpaired) electrons. The first kappa shape index (κ1) is 10.6. The minimum Gasteiger partial charge on any atom is -0.465 e. The minimum atomic E-state index is -0.442. The zero-order chi connectivity index (χ0) is 11.0. The molecule has 2 aromatic rings. The summed E-state index contributed by atoms with van der Waals surface area (Å²) in [7, 11) is 1.30. The zero-order valence-corrected chi connectivity index (χ0v) is 10.1. The van der Waals surface area contributed by atoms with Crippen LogP contribution in [0.4, 0.5) is 4.39 Å². The van der Waals surface area contributed by atoms with Crippen molar-refractivity contribution in [3.05, 3.63) is 33.4 Å². The number of ether oxygens (including phenoxy) is 1. The summed E-state index contributed by atoms with van der Waals surface area (Å²) in [4.78, 5) is 11.7. The third-order valence-corrected chi connectivity index (χ3v) is 3.78. The van der Waals surface area contributed by atoms with E-state index in [9.17, 15) is 9.18 Å². The monoisotopic (exact) mass is 288 g/mol. The summed E-state index contributed by atoms with van der Waals surface area (Å²) in [6, 6.07) is 4.61. The normalized spacial score (nSPS) is 10.6. The van der Waals surface area contributed by atoms with Crippen molar-refractivity contribution < 1.29 is 13.9 Å². The zero-order valence-electron chi connectivity index (χ0n) is 7.71. The average Bonchev–Trinajstić information content (AvgIpc) is 2.68. The third kappa shape index (κ3) is 1.77. The number of hydrogen-bond acceptors (Lipinski definition) is 3. The van der Waals surface area contributed by atoms with E-state index in [1.807, 2.05) is 0 Å². The Bertz CT molecular complexity index is 496. The van der Waals surface area contributed by atoms with E-state index in [0.29, 0.717) is 15.0 Å². The summed E-state index contributed by atoms with van der Waals surface area (Å²) in [5.74, 6) is -0.768. The van der Waals surface area contributed by atoms with Crippen LogP contribution in [0.1, 0.15) is 9.67 Å². The summed E-state index contributed by atoms with van der Waals surface area (Å²) in [6.45, 7) is 0. The first-order valence-electron chi connectivity index (χ1n) is 4.09. The van der Waals surface area contributed by atoms with Crippen molar-refractivity contribution in [2.24, 2.45) is 0 Å². The van der Waals surface area contributed by atoms with Gasteiger partial charge in [0.25, 0.3) is 0 Å². The Balaban J connectivity index is 2.70. The van der Waals surface area contributed by atoms with Gasteiger partial charge in [-0.1, -0.05) is 15.9 Å². The van der Waals surface area contributed by atoms with Crippen LogP contribution in [0, 0.1) is 5.82 Å². The van der Waals surface area contributed by atoms with E-state index in [0.717, 1.165) is 15.8 Å². The number of benzene rings is 1. The molecule has 1 aromatic carbocycles. The maximum atomic E-state index is 13.4. The highest BCUT2D eigenvalue weighted by atomic mass is 79.9. The topological polar surface area (TPSA) is 26.3 Å². The highest BCUT2D eigenvalue weighted by Gasteiger charge is 2.14. The van der Waals surface area contributed by atoms with Gasteiger partial charge >= 0.3 is 5.97 Å². The molecule has 2 nitrogen and oxygen atoms in total. The molecule has 78 valence electrons. The molecule has 0 fully saturated rings. The number of carbonyl (C=O) groups excluding carboxylic acids is 1. The van der Waals surface area contributed by atoms with Gasteiger partial charge in [0, 0.05) is 9.86 Å². The van der Waals surface area contributed by atoms with E-state index in [4.69, 9.17) is 0 Å². The lowest BCUT2D eigenvalue weighted by molar-refractivity contribution is 0.0606. The predicted molar refractivity (Wildman–Crippen MR) is 60.8 cm³/mol. The number of esters is 1. The SMILES string of the molecule is COC(=O)c1cc2c(Br)ccc(F)c2s1. The molecule has 0 saturated heterocycles. The Morgan fingerprint density at radius 2 is 2.27 bits per heavy atom. The first-order valence-corrected chi connectivity index (χ1v) is 5.70. The van der Waals surface area contributed by atoms with Crippen molar-refractivity contribution >= 4 is 43.3 Å². The number of fused-ring (bicyclic) bond motifs is 1. The summed E-state index contributed by atoms with van der Waals surface area (Å²) < 4.78 is 19.2. The summed E-state index contributed by atoms with van der Waals surface area (Å²) >= 11 is 4.39. The molecule has 1 aromatic heterocycles. The third-order valence-electron chi connectivity index (χ3n) is 1.97. The average molecular weight is 289 g/mol. The molecular weight excluding hydrogens is 283 g/mol. The Labute approximate surface area is 97.8 Å². The molecule has 2 rings (SSSR count). The van der Waals surface area contributed by atoms with E-state index >= 15 is 0 Å². The molecule has 0 aliphatic rings. The quantitative estimate of drug-likeness (QED) is 0.750. The van der Waals surface area contributed by atoms with E-state index in [2.05, 4.69) is 20.7 Å². The lowest BCUT2D eigenvalue weighted by Crippen LogP contribution is -1.96. The van der Waals surface area contributed by atoms with Crippen molar-refractivity contribution in [2.75, 3.05) is 7.11 Å². The maximum absolute atomic E-state index is 13.4. The van der Waals surface area contributed by atoms with Gasteiger partial charge in [-0.15, -0.1) is 11.3 Å². The standard InChI is InChI=1S/C10H6BrFO2S/c1-14-10(13)8-4-5-6(11)2-3-7(12)9(5)15-8/h2-4H,1H3. The largest absolute Gasteiger partial charge is 0.465 e. The second-order valence-electron chi connectivity index (χ2n) is 2.87. The summed E-state index contributed by atoms with van der Waals surface area (Å²) in [6.07, 6.45) is 0. The Morgan fingerprint density at radius 1 is 1.53 bits per heavy atom. The van der Waals surface area contributed by atoms with Crippen LogP contribution in [0.5, 0.6) is 0 Å². The van der Waals surface area contributed by atoms with Crippen molar-refractivity contribution in [1.82, 2.24) is 0 Å². The molecule has 0 unspecified atom stereocenters. The first-order chi connectivity index (χ1) is 7.13. The van der Waals surface area contributed by atoms with Gasteiger partial charge in [0.1, 0.15) is 10.7 Å². The minimum absolute atomic E-state index is 0.326. The number of rotatable bonds is 1. The lowest BCUT2D eigenvalue weighted by Gasteiger charge is -1.93. The fourth-order valence-electron chi connectivity index (χ4n) is 1.26. The van der Waals surface area contributed by atoms with Crippen LogP contribution in [-0.2, 0) is 4.74 Å². The smallest absolute Gasteiger partial charge is 0.348 e. The van der Waals surface area contributed by atoms with Gasteiger partial charge in [0.05, 0.1) is 11.8 Å². The molecule has 0 aliphatic heterocycles. The van der Waals surface area contributed by atoms with Crippen molar-refractivity contribution in [1.29, 1.82) is 0 Å². The van der Waals surface area contributed by atoms with Crippen LogP contribution in [0.15, 0.2) is 22.7 Å². The molecule has 0 saturated carbocycles. The highest BCUT2D eigenvalue weighted by Crippen LogP contribution is 2.33. The van der Waals surface area contributed by atoms with E-state index in [1.54, 1.807) is 12.1 Å². The van der Waals surface area contributed by atoms with E-state index in [-0.39, 0.29) is 5.82 Å². The van der Waals surface area contributed by atoms with Crippen LogP contribution >= 0.6 is 27.3 Å². The number of hydrogen-bond donors (Lipinski definition) is 0. The fraction of sp³-hybridized carbons (Fsp3) is 0.100. The molecule has 0 amide bonds. The van der Waals surface area contributed by atoms with Crippen molar-refractivity contribution in [3.8, 4) is 0 Å². The molecule has 15 heavy (non-hydrogen) atoms. The van der Waals surface area contributed by atoms with Gasteiger partial charge in [-0.25, -0.2) is 9.18 Å². The Hall–Kier alpha value is -0.940. The molecule has 0 spiro atoms. The van der Waals surface area contributed by atoms with Crippen LogP contribution in [0.25, 0.3) is 10.1 Å².